The Morgan fingerprint density at radius 2 is 1.95 bits per heavy atom. The van der Waals surface area contributed by atoms with E-state index >= 15 is 0 Å². The molecule has 0 fully saturated rings. The van der Waals surface area contributed by atoms with E-state index in [-0.39, 0.29) is 25.5 Å². The SMILES string of the molecule is O=C(O)CN(CCCn1cnc([N+](=O)[O-])c1)CC(=O)O. The lowest BCUT2D eigenvalue weighted by atomic mass is 10.3. The van der Waals surface area contributed by atoms with Gasteiger partial charge in [0.25, 0.3) is 0 Å². The molecule has 2 N–H and O–H groups in total. The van der Waals surface area contributed by atoms with Crippen molar-refractivity contribution in [2.24, 2.45) is 0 Å². The fourth-order valence-electron chi connectivity index (χ4n) is 1.64. The van der Waals surface area contributed by atoms with Gasteiger partial charge in [-0.1, -0.05) is 0 Å². The van der Waals surface area contributed by atoms with Gasteiger partial charge in [-0.05, 0) is 16.3 Å². The highest BCUT2D eigenvalue weighted by molar-refractivity contribution is 5.72. The molecule has 10 nitrogen and oxygen atoms in total. The Morgan fingerprint density at radius 1 is 1.35 bits per heavy atom. The maximum Gasteiger partial charge on any atom is 0.381 e. The van der Waals surface area contributed by atoms with E-state index in [2.05, 4.69) is 4.98 Å². The average molecular weight is 286 g/mol. The molecule has 10 heteroatoms. The molecule has 0 aliphatic carbocycles. The van der Waals surface area contributed by atoms with Crippen LogP contribution in [0.2, 0.25) is 0 Å². The Hall–Kier alpha value is -2.49. The molecule has 0 bridgehead atoms. The van der Waals surface area contributed by atoms with Crippen molar-refractivity contribution in [2.45, 2.75) is 13.0 Å². The van der Waals surface area contributed by atoms with Gasteiger partial charge in [-0.25, -0.2) is 0 Å². The van der Waals surface area contributed by atoms with Crippen molar-refractivity contribution >= 4 is 17.8 Å². The summed E-state index contributed by atoms with van der Waals surface area (Å²) in [5, 5.41) is 27.7. The normalized spacial score (nSPS) is 10.7. The number of aromatic nitrogens is 2. The first kappa shape index (κ1) is 15.6. The highest BCUT2D eigenvalue weighted by Gasteiger charge is 2.14. The number of hydrogen-bond donors (Lipinski definition) is 2. The van der Waals surface area contributed by atoms with E-state index in [0.29, 0.717) is 13.0 Å². The maximum absolute atomic E-state index is 10.6. The molecule has 0 saturated carbocycles. The van der Waals surface area contributed by atoms with Gasteiger partial charge in [0.1, 0.15) is 6.20 Å². The minimum Gasteiger partial charge on any atom is -0.480 e. The minimum absolute atomic E-state index is 0.255. The molecule has 0 aliphatic heterocycles. The highest BCUT2D eigenvalue weighted by atomic mass is 16.6. The number of aliphatic carboxylic acids is 2. The number of nitrogens with zero attached hydrogens (tertiary/aromatic N) is 4. The monoisotopic (exact) mass is 286 g/mol. The summed E-state index contributed by atoms with van der Waals surface area (Å²) in [7, 11) is 0. The number of carboxylic acid groups (broad SMARTS) is 2. The Balaban J connectivity index is 2.44. The molecule has 0 saturated heterocycles. The second-order valence-electron chi connectivity index (χ2n) is 4.08. The number of aryl methyl sites for hydroxylation is 1. The van der Waals surface area contributed by atoms with Crippen LogP contribution in [0.15, 0.2) is 12.5 Å². The van der Waals surface area contributed by atoms with Crippen LogP contribution >= 0.6 is 0 Å². The Bertz CT molecular complexity index is 484. The Labute approximate surface area is 113 Å². The predicted octanol–water partition coefficient (Wildman–Crippen LogP) is -0.347. The van der Waals surface area contributed by atoms with E-state index in [1.54, 1.807) is 0 Å². The van der Waals surface area contributed by atoms with Gasteiger partial charge in [0.05, 0.1) is 13.1 Å². The Kier molecular flexibility index (Phi) is 5.59. The van der Waals surface area contributed by atoms with Crippen LogP contribution in [0.4, 0.5) is 5.82 Å². The molecule has 0 spiro atoms. The molecule has 110 valence electrons. The summed E-state index contributed by atoms with van der Waals surface area (Å²) in [5.41, 5.74) is 0. The quantitative estimate of drug-likeness (QED) is 0.464. The summed E-state index contributed by atoms with van der Waals surface area (Å²) in [6.07, 6.45) is 3.02. The van der Waals surface area contributed by atoms with Crippen molar-refractivity contribution in [3.8, 4) is 0 Å². The first-order chi connectivity index (χ1) is 9.38. The topological polar surface area (TPSA) is 139 Å². The van der Waals surface area contributed by atoms with Crippen molar-refractivity contribution < 1.29 is 24.7 Å². The number of imidazole rings is 1. The van der Waals surface area contributed by atoms with Gasteiger partial charge in [0, 0.05) is 13.1 Å². The van der Waals surface area contributed by atoms with E-state index in [1.165, 1.54) is 22.0 Å². The maximum atomic E-state index is 10.6. The third-order valence-electron chi connectivity index (χ3n) is 2.42. The van der Waals surface area contributed by atoms with Crippen LogP contribution in [0.3, 0.4) is 0 Å². The molecule has 20 heavy (non-hydrogen) atoms. The molecule has 0 unspecified atom stereocenters. The molecule has 0 radical (unpaired) electrons. The fourth-order valence-corrected chi connectivity index (χ4v) is 1.64. The number of rotatable bonds is 9. The molecule has 1 aromatic rings. The molecule has 0 amide bonds. The van der Waals surface area contributed by atoms with Gasteiger partial charge in [-0.2, -0.15) is 0 Å². The first-order valence-electron chi connectivity index (χ1n) is 5.70. The van der Waals surface area contributed by atoms with E-state index < -0.39 is 16.9 Å². The van der Waals surface area contributed by atoms with Gasteiger partial charge >= 0.3 is 17.8 Å². The average Bonchev–Trinajstić information content (AvgIpc) is 2.76. The molecular weight excluding hydrogens is 272 g/mol. The third-order valence-corrected chi connectivity index (χ3v) is 2.42. The molecule has 1 heterocycles. The number of carbonyl (C=O) groups is 2. The zero-order valence-corrected chi connectivity index (χ0v) is 10.5. The van der Waals surface area contributed by atoms with Gasteiger partial charge in [-0.15, -0.1) is 0 Å². The zero-order chi connectivity index (χ0) is 15.1. The summed E-state index contributed by atoms with van der Waals surface area (Å²) in [4.78, 5) is 35.8. The largest absolute Gasteiger partial charge is 0.480 e. The number of hydrogen-bond acceptors (Lipinski definition) is 6. The molecule has 0 aliphatic rings. The number of nitro groups is 1. The van der Waals surface area contributed by atoms with Gasteiger partial charge < -0.3 is 24.9 Å². The molecule has 0 aromatic carbocycles. The number of carboxylic acids is 2. The van der Waals surface area contributed by atoms with Crippen molar-refractivity contribution in [3.05, 3.63) is 22.6 Å². The van der Waals surface area contributed by atoms with E-state index in [4.69, 9.17) is 10.2 Å². The summed E-state index contributed by atoms with van der Waals surface area (Å²) in [6.45, 7) is -0.0894. The third kappa shape index (κ3) is 5.44. The van der Waals surface area contributed by atoms with E-state index in [0.717, 1.165) is 0 Å². The van der Waals surface area contributed by atoms with Crippen LogP contribution in [-0.4, -0.2) is 61.2 Å². The summed E-state index contributed by atoms with van der Waals surface area (Å²) in [5.74, 6) is -2.48. The van der Waals surface area contributed by atoms with Crippen LogP contribution in [0, 0.1) is 10.1 Å². The van der Waals surface area contributed by atoms with E-state index in [1.807, 2.05) is 0 Å². The molecule has 0 atom stereocenters. The second kappa shape index (κ2) is 7.19. The predicted molar refractivity (Wildman–Crippen MR) is 65.2 cm³/mol. The van der Waals surface area contributed by atoms with Crippen molar-refractivity contribution in [2.75, 3.05) is 19.6 Å². The highest BCUT2D eigenvalue weighted by Crippen LogP contribution is 2.06. The van der Waals surface area contributed by atoms with Crippen molar-refractivity contribution in [1.82, 2.24) is 14.5 Å². The van der Waals surface area contributed by atoms with Gasteiger partial charge in [0.2, 0.25) is 6.33 Å². The van der Waals surface area contributed by atoms with Crippen molar-refractivity contribution in [1.29, 1.82) is 0 Å². The fraction of sp³-hybridized carbons (Fsp3) is 0.500. The second-order valence-corrected chi connectivity index (χ2v) is 4.08. The smallest absolute Gasteiger partial charge is 0.381 e. The summed E-state index contributed by atoms with van der Waals surface area (Å²) < 4.78 is 1.50. The minimum atomic E-state index is -1.11. The molecule has 1 aromatic heterocycles. The van der Waals surface area contributed by atoms with E-state index in [9.17, 15) is 19.7 Å². The van der Waals surface area contributed by atoms with Gasteiger partial charge in [-0.3, -0.25) is 14.5 Å². The summed E-state index contributed by atoms with van der Waals surface area (Å²) >= 11 is 0. The Morgan fingerprint density at radius 3 is 2.40 bits per heavy atom. The van der Waals surface area contributed by atoms with Crippen molar-refractivity contribution in [3.63, 3.8) is 0 Å². The van der Waals surface area contributed by atoms with Crippen LogP contribution < -0.4 is 0 Å². The zero-order valence-electron chi connectivity index (χ0n) is 10.5. The molecule has 1 rings (SSSR count). The lowest BCUT2D eigenvalue weighted by Gasteiger charge is -2.17. The van der Waals surface area contributed by atoms with Crippen LogP contribution in [0.5, 0.6) is 0 Å². The lowest BCUT2D eigenvalue weighted by molar-refractivity contribution is -0.389. The summed E-state index contributed by atoms with van der Waals surface area (Å²) in [6, 6.07) is 0. The first-order valence-corrected chi connectivity index (χ1v) is 5.70. The van der Waals surface area contributed by atoms with Crippen LogP contribution in [0.1, 0.15) is 6.42 Å². The van der Waals surface area contributed by atoms with Crippen LogP contribution in [0.25, 0.3) is 0 Å². The van der Waals surface area contributed by atoms with Gasteiger partial charge in [0.15, 0.2) is 0 Å². The molecular formula is C10H14N4O6. The van der Waals surface area contributed by atoms with Crippen LogP contribution in [-0.2, 0) is 16.1 Å². The standard InChI is InChI=1S/C10H14N4O6/c15-9(16)5-12(6-10(17)18)2-1-3-13-4-8(11-7-13)14(19)20/h4,7H,1-3,5-6H2,(H,15,16)(H,17,18). The lowest BCUT2D eigenvalue weighted by Crippen LogP contribution is -2.35.